The highest BCUT2D eigenvalue weighted by Crippen LogP contribution is 2.41. The summed E-state index contributed by atoms with van der Waals surface area (Å²) in [6.07, 6.45) is 8.89. The predicted octanol–water partition coefficient (Wildman–Crippen LogP) is 3.04. The van der Waals surface area contributed by atoms with Gasteiger partial charge in [0.15, 0.2) is 0 Å². The second kappa shape index (κ2) is 2.56. The first-order valence-corrected chi connectivity index (χ1v) is 4.67. The molecule has 1 radical (unpaired) electrons. The molecule has 2 bridgehead atoms. The maximum absolute atomic E-state index is 4.18. The third-order valence-electron chi connectivity index (χ3n) is 3.22. The molecule has 0 heterocycles. The number of fused-ring (bicyclic) bond motifs is 2. The van der Waals surface area contributed by atoms with E-state index in [0.717, 1.165) is 17.8 Å². The first-order valence-electron chi connectivity index (χ1n) is 4.67. The van der Waals surface area contributed by atoms with Crippen molar-refractivity contribution < 1.29 is 0 Å². The Morgan fingerprint density at radius 3 is 2.10 bits per heavy atom. The summed E-state index contributed by atoms with van der Waals surface area (Å²) in [7, 11) is 0. The van der Waals surface area contributed by atoms with E-state index in [0.29, 0.717) is 0 Å². The van der Waals surface area contributed by atoms with Crippen molar-refractivity contribution in [3.63, 3.8) is 0 Å². The van der Waals surface area contributed by atoms with Crippen LogP contribution in [-0.4, -0.2) is 0 Å². The molecule has 2 saturated carbocycles. The van der Waals surface area contributed by atoms with Gasteiger partial charge in [0, 0.05) is 0 Å². The molecule has 0 aromatic rings. The van der Waals surface area contributed by atoms with Gasteiger partial charge in [-0.2, -0.15) is 0 Å². The average molecular weight is 137 g/mol. The molecule has 0 saturated heterocycles. The lowest BCUT2D eigenvalue weighted by Gasteiger charge is -2.37. The third kappa shape index (κ3) is 1.21. The fraction of sp³-hybridized carbons (Fsp3) is 0.900. The van der Waals surface area contributed by atoms with E-state index in [9.17, 15) is 0 Å². The third-order valence-corrected chi connectivity index (χ3v) is 3.22. The Labute approximate surface area is 64.0 Å². The van der Waals surface area contributed by atoms with Crippen molar-refractivity contribution in [3.8, 4) is 0 Å². The molecule has 2 rings (SSSR count). The average Bonchev–Trinajstić information content (AvgIpc) is 1.85. The van der Waals surface area contributed by atoms with Gasteiger partial charge in [-0.25, -0.2) is 0 Å². The van der Waals surface area contributed by atoms with E-state index < -0.39 is 0 Å². The van der Waals surface area contributed by atoms with Crippen molar-refractivity contribution in [1.29, 1.82) is 0 Å². The molecule has 2 aliphatic rings. The van der Waals surface area contributed by atoms with Gasteiger partial charge in [0.05, 0.1) is 0 Å². The van der Waals surface area contributed by atoms with E-state index in [4.69, 9.17) is 0 Å². The lowest BCUT2D eigenvalue weighted by atomic mass is 9.69. The molecule has 0 N–H and O–H groups in total. The Morgan fingerprint density at radius 2 is 1.50 bits per heavy atom. The van der Waals surface area contributed by atoms with Gasteiger partial charge in [-0.05, 0) is 37.0 Å². The lowest BCUT2D eigenvalue weighted by molar-refractivity contribution is 0.157. The second-order valence-corrected chi connectivity index (χ2v) is 4.24. The zero-order chi connectivity index (χ0) is 6.97. The number of hydrogen-bond donors (Lipinski definition) is 0. The van der Waals surface area contributed by atoms with Gasteiger partial charge in [-0.15, -0.1) is 0 Å². The molecular weight excluding hydrogens is 120 g/mol. The minimum absolute atomic E-state index is 0.795. The van der Waals surface area contributed by atoms with E-state index in [1.165, 1.54) is 38.5 Å². The standard InChI is InChI=1S/C10H17/c1-8-5-9-3-2-4-10(6-8)7-9/h8-10H,1-7H2. The maximum Gasteiger partial charge on any atom is -0.0409 e. The van der Waals surface area contributed by atoms with Gasteiger partial charge in [-0.1, -0.05) is 26.2 Å². The molecule has 0 spiro atoms. The van der Waals surface area contributed by atoms with Crippen LogP contribution in [0.2, 0.25) is 0 Å². The van der Waals surface area contributed by atoms with Crippen LogP contribution in [0.25, 0.3) is 0 Å². The van der Waals surface area contributed by atoms with Gasteiger partial charge in [0.1, 0.15) is 0 Å². The lowest BCUT2D eigenvalue weighted by Crippen LogP contribution is -2.25. The van der Waals surface area contributed by atoms with Gasteiger partial charge >= 0.3 is 0 Å². The van der Waals surface area contributed by atoms with Gasteiger partial charge < -0.3 is 0 Å². The van der Waals surface area contributed by atoms with Crippen LogP contribution >= 0.6 is 0 Å². The van der Waals surface area contributed by atoms with Crippen LogP contribution in [0.1, 0.15) is 38.5 Å². The van der Waals surface area contributed by atoms with E-state index in [-0.39, 0.29) is 0 Å². The molecule has 57 valence electrons. The summed E-state index contributed by atoms with van der Waals surface area (Å²) in [6, 6.07) is 0. The Kier molecular flexibility index (Phi) is 1.71. The quantitative estimate of drug-likeness (QED) is 0.481. The SMILES string of the molecule is [CH2]C1CC2CCCC(C1)C2. The van der Waals surface area contributed by atoms with Crippen LogP contribution in [0, 0.1) is 24.7 Å². The second-order valence-electron chi connectivity index (χ2n) is 4.24. The Hall–Kier alpha value is 0. The minimum atomic E-state index is 0.795. The predicted molar refractivity (Wildman–Crippen MR) is 43.5 cm³/mol. The van der Waals surface area contributed by atoms with Crippen molar-refractivity contribution in [2.45, 2.75) is 38.5 Å². The fourth-order valence-corrected chi connectivity index (χ4v) is 2.87. The summed E-state index contributed by atoms with van der Waals surface area (Å²) >= 11 is 0. The zero-order valence-electron chi connectivity index (χ0n) is 6.68. The monoisotopic (exact) mass is 137 g/mol. The highest BCUT2D eigenvalue weighted by atomic mass is 14.3. The summed E-state index contributed by atoms with van der Waals surface area (Å²) < 4.78 is 0. The van der Waals surface area contributed by atoms with E-state index >= 15 is 0 Å². The first-order chi connectivity index (χ1) is 4.84. The molecule has 0 nitrogen and oxygen atoms in total. The van der Waals surface area contributed by atoms with Crippen LogP contribution in [-0.2, 0) is 0 Å². The van der Waals surface area contributed by atoms with Crippen molar-refractivity contribution >= 4 is 0 Å². The van der Waals surface area contributed by atoms with Crippen LogP contribution in [0.4, 0.5) is 0 Å². The molecule has 0 heteroatoms. The Bertz CT molecular complexity index is 101. The Morgan fingerprint density at radius 1 is 0.900 bits per heavy atom. The highest BCUT2D eigenvalue weighted by Gasteiger charge is 2.29. The summed E-state index contributed by atoms with van der Waals surface area (Å²) in [6.45, 7) is 4.18. The molecule has 0 aromatic heterocycles. The van der Waals surface area contributed by atoms with Crippen LogP contribution in [0.5, 0.6) is 0 Å². The zero-order valence-corrected chi connectivity index (χ0v) is 6.68. The van der Waals surface area contributed by atoms with Crippen LogP contribution in [0.3, 0.4) is 0 Å². The molecule has 2 aliphatic carbocycles. The Balaban J connectivity index is 1.98. The van der Waals surface area contributed by atoms with Crippen molar-refractivity contribution in [2.75, 3.05) is 0 Å². The number of rotatable bonds is 0. The fourth-order valence-electron chi connectivity index (χ4n) is 2.87. The summed E-state index contributed by atoms with van der Waals surface area (Å²) in [4.78, 5) is 0. The van der Waals surface area contributed by atoms with Gasteiger partial charge in [0.2, 0.25) is 0 Å². The normalized spacial score (nSPS) is 47.1. The van der Waals surface area contributed by atoms with Crippen LogP contribution in [0.15, 0.2) is 0 Å². The minimum Gasteiger partial charge on any atom is -0.0528 e. The summed E-state index contributed by atoms with van der Waals surface area (Å²) in [5.41, 5.74) is 0. The molecule has 2 fully saturated rings. The summed E-state index contributed by atoms with van der Waals surface area (Å²) in [5, 5.41) is 0. The molecule has 0 aromatic carbocycles. The van der Waals surface area contributed by atoms with Crippen molar-refractivity contribution in [1.82, 2.24) is 0 Å². The van der Waals surface area contributed by atoms with E-state index in [1.807, 2.05) is 0 Å². The molecule has 0 amide bonds. The molecule has 2 unspecified atom stereocenters. The van der Waals surface area contributed by atoms with Crippen LogP contribution < -0.4 is 0 Å². The van der Waals surface area contributed by atoms with Crippen molar-refractivity contribution in [3.05, 3.63) is 6.92 Å². The van der Waals surface area contributed by atoms with E-state index in [1.54, 1.807) is 0 Å². The number of hydrogen-bond acceptors (Lipinski definition) is 0. The molecule has 0 aliphatic heterocycles. The van der Waals surface area contributed by atoms with Crippen molar-refractivity contribution in [2.24, 2.45) is 17.8 Å². The molecule has 10 heavy (non-hydrogen) atoms. The first kappa shape index (κ1) is 6.69. The molecular formula is C10H17. The van der Waals surface area contributed by atoms with Gasteiger partial charge in [-0.3, -0.25) is 0 Å². The highest BCUT2D eigenvalue weighted by molar-refractivity contribution is 4.83. The maximum atomic E-state index is 4.18. The van der Waals surface area contributed by atoms with E-state index in [2.05, 4.69) is 6.92 Å². The largest absolute Gasteiger partial charge is 0.0528 e. The smallest absolute Gasteiger partial charge is 0.0409 e. The van der Waals surface area contributed by atoms with Gasteiger partial charge in [0.25, 0.3) is 0 Å². The topological polar surface area (TPSA) is 0 Å². The summed E-state index contributed by atoms with van der Waals surface area (Å²) in [5.74, 6) is 2.93. The molecule has 2 atom stereocenters.